The van der Waals surface area contributed by atoms with Gasteiger partial charge in [-0.1, -0.05) is 13.3 Å². The molecule has 2 rings (SSSR count). The normalized spacial score (nSPS) is 21.0. The first-order valence-electron chi connectivity index (χ1n) is 7.73. The van der Waals surface area contributed by atoms with Crippen LogP contribution >= 0.6 is 0 Å². The first-order valence-corrected chi connectivity index (χ1v) is 7.73. The Kier molecular flexibility index (Phi) is 4.10. The monoisotopic (exact) mass is 275 g/mol. The summed E-state index contributed by atoms with van der Waals surface area (Å²) in [5.41, 5.74) is 4.23. The maximum atomic E-state index is 4.48. The molecule has 1 aliphatic rings. The third-order valence-electron chi connectivity index (χ3n) is 3.94. The molecule has 3 nitrogen and oxygen atoms in total. The molecule has 3 heteroatoms. The van der Waals surface area contributed by atoms with Gasteiger partial charge in [0.1, 0.15) is 0 Å². The molecular formula is C17H29N3. The number of pyridine rings is 1. The van der Waals surface area contributed by atoms with E-state index in [1.165, 1.54) is 23.4 Å². The van der Waals surface area contributed by atoms with Crippen LogP contribution in [0.3, 0.4) is 0 Å². The van der Waals surface area contributed by atoms with E-state index in [2.05, 4.69) is 62.8 Å². The van der Waals surface area contributed by atoms with E-state index in [4.69, 9.17) is 0 Å². The van der Waals surface area contributed by atoms with Crippen LogP contribution in [0.4, 0.5) is 5.69 Å². The van der Waals surface area contributed by atoms with Crippen LogP contribution in [0.15, 0.2) is 12.3 Å². The fourth-order valence-electron chi connectivity index (χ4n) is 3.61. The maximum Gasteiger partial charge on any atom is 0.0433 e. The zero-order valence-corrected chi connectivity index (χ0v) is 13.9. The van der Waals surface area contributed by atoms with Crippen molar-refractivity contribution >= 4 is 5.69 Å². The Morgan fingerprint density at radius 1 is 1.20 bits per heavy atom. The summed E-state index contributed by atoms with van der Waals surface area (Å²) in [6, 6.07) is 2.19. The van der Waals surface area contributed by atoms with Gasteiger partial charge in [-0.3, -0.25) is 4.98 Å². The Morgan fingerprint density at radius 2 is 1.80 bits per heavy atom. The Morgan fingerprint density at radius 3 is 2.35 bits per heavy atom. The van der Waals surface area contributed by atoms with Gasteiger partial charge in [-0.25, -0.2) is 0 Å². The molecule has 0 radical (unpaired) electrons. The van der Waals surface area contributed by atoms with Gasteiger partial charge in [0, 0.05) is 41.7 Å². The molecule has 1 aromatic heterocycles. The smallest absolute Gasteiger partial charge is 0.0433 e. The second kappa shape index (κ2) is 5.36. The zero-order chi connectivity index (χ0) is 15.0. The number of hydrogen-bond donors (Lipinski definition) is 1. The van der Waals surface area contributed by atoms with Crippen molar-refractivity contribution in [1.29, 1.82) is 0 Å². The van der Waals surface area contributed by atoms with Gasteiger partial charge in [0.15, 0.2) is 0 Å². The fraction of sp³-hybridized carbons (Fsp3) is 0.706. The minimum atomic E-state index is 0.127. The molecule has 112 valence electrons. The van der Waals surface area contributed by atoms with Crippen molar-refractivity contribution in [2.24, 2.45) is 0 Å². The number of rotatable bonds is 3. The van der Waals surface area contributed by atoms with Crippen molar-refractivity contribution < 1.29 is 0 Å². The largest absolute Gasteiger partial charge is 0.368 e. The lowest BCUT2D eigenvalue weighted by Crippen LogP contribution is -2.67. The molecule has 1 N–H and O–H groups in total. The van der Waals surface area contributed by atoms with Gasteiger partial charge in [0.05, 0.1) is 0 Å². The zero-order valence-electron chi connectivity index (χ0n) is 13.9. The Bertz CT molecular complexity index is 461. The predicted molar refractivity (Wildman–Crippen MR) is 86.5 cm³/mol. The van der Waals surface area contributed by atoms with Crippen LogP contribution in [0.2, 0.25) is 0 Å². The van der Waals surface area contributed by atoms with E-state index < -0.39 is 0 Å². The molecule has 1 saturated heterocycles. The van der Waals surface area contributed by atoms with Crippen LogP contribution in [-0.2, 0) is 6.42 Å². The number of hydrogen-bond acceptors (Lipinski definition) is 3. The van der Waals surface area contributed by atoms with E-state index in [0.717, 1.165) is 19.5 Å². The second-order valence-electron chi connectivity index (χ2n) is 7.39. The average Bonchev–Trinajstić information content (AvgIpc) is 2.28. The minimum absolute atomic E-state index is 0.127. The van der Waals surface area contributed by atoms with Crippen molar-refractivity contribution in [3.05, 3.63) is 23.5 Å². The number of nitrogens with one attached hydrogen (secondary N) is 1. The lowest BCUT2D eigenvalue weighted by Gasteiger charge is -2.49. The molecule has 1 aromatic rings. The van der Waals surface area contributed by atoms with Gasteiger partial charge in [-0.2, -0.15) is 0 Å². The van der Waals surface area contributed by atoms with Crippen LogP contribution in [0.25, 0.3) is 0 Å². The summed E-state index contributed by atoms with van der Waals surface area (Å²) in [4.78, 5) is 7.02. The van der Waals surface area contributed by atoms with E-state index in [9.17, 15) is 0 Å². The van der Waals surface area contributed by atoms with Crippen molar-refractivity contribution in [3.63, 3.8) is 0 Å². The van der Waals surface area contributed by atoms with Crippen molar-refractivity contribution in [3.8, 4) is 0 Å². The SMILES string of the molecule is CCCc1c(N2CC(C)(C)NC(C)(C)C2)ccnc1C. The summed E-state index contributed by atoms with van der Waals surface area (Å²) in [5.74, 6) is 0. The summed E-state index contributed by atoms with van der Waals surface area (Å²) in [7, 11) is 0. The highest BCUT2D eigenvalue weighted by Crippen LogP contribution is 2.30. The van der Waals surface area contributed by atoms with E-state index in [0.29, 0.717) is 0 Å². The fourth-order valence-corrected chi connectivity index (χ4v) is 3.61. The summed E-state index contributed by atoms with van der Waals surface area (Å²) >= 11 is 0. The van der Waals surface area contributed by atoms with E-state index in [1.807, 2.05) is 6.20 Å². The predicted octanol–water partition coefficient (Wildman–Crippen LogP) is 3.31. The Labute approximate surface area is 123 Å². The molecule has 0 atom stereocenters. The number of anilines is 1. The van der Waals surface area contributed by atoms with Gasteiger partial charge in [-0.05, 0) is 52.7 Å². The second-order valence-corrected chi connectivity index (χ2v) is 7.39. The standard InChI is InChI=1S/C17H29N3/c1-7-8-14-13(2)18-10-9-15(14)20-11-16(3,4)19-17(5,6)12-20/h9-10,19H,7-8,11-12H2,1-6H3. The van der Waals surface area contributed by atoms with E-state index >= 15 is 0 Å². The van der Waals surface area contributed by atoms with Gasteiger partial charge < -0.3 is 10.2 Å². The lowest BCUT2D eigenvalue weighted by atomic mass is 9.90. The number of aryl methyl sites for hydroxylation is 1. The van der Waals surface area contributed by atoms with Gasteiger partial charge >= 0.3 is 0 Å². The molecule has 0 amide bonds. The van der Waals surface area contributed by atoms with Crippen molar-refractivity contribution in [2.75, 3.05) is 18.0 Å². The molecule has 0 spiro atoms. The number of aromatic nitrogens is 1. The molecular weight excluding hydrogens is 246 g/mol. The molecule has 0 aromatic carbocycles. The van der Waals surface area contributed by atoms with Gasteiger partial charge in [0.25, 0.3) is 0 Å². The lowest BCUT2D eigenvalue weighted by molar-refractivity contribution is 0.226. The molecule has 1 aliphatic heterocycles. The van der Waals surface area contributed by atoms with E-state index in [1.54, 1.807) is 0 Å². The third-order valence-corrected chi connectivity index (χ3v) is 3.94. The first-order chi connectivity index (χ1) is 9.24. The first kappa shape index (κ1) is 15.3. The molecule has 0 bridgehead atoms. The number of nitrogens with zero attached hydrogens (tertiary/aromatic N) is 2. The van der Waals surface area contributed by atoms with E-state index in [-0.39, 0.29) is 11.1 Å². The highest BCUT2D eigenvalue weighted by Gasteiger charge is 2.37. The van der Waals surface area contributed by atoms with Crippen LogP contribution in [0.1, 0.15) is 52.3 Å². The summed E-state index contributed by atoms with van der Waals surface area (Å²) in [5, 5.41) is 3.74. The molecule has 1 fully saturated rings. The van der Waals surface area contributed by atoms with Crippen LogP contribution in [0, 0.1) is 6.92 Å². The summed E-state index contributed by atoms with van der Waals surface area (Å²) < 4.78 is 0. The highest BCUT2D eigenvalue weighted by molar-refractivity contribution is 5.56. The third kappa shape index (κ3) is 3.32. The molecule has 2 heterocycles. The summed E-state index contributed by atoms with van der Waals surface area (Å²) in [6.07, 6.45) is 4.23. The van der Waals surface area contributed by atoms with Crippen LogP contribution in [0.5, 0.6) is 0 Å². The quantitative estimate of drug-likeness (QED) is 0.917. The topological polar surface area (TPSA) is 28.2 Å². The van der Waals surface area contributed by atoms with Crippen molar-refractivity contribution in [2.45, 2.75) is 65.5 Å². The molecule has 0 unspecified atom stereocenters. The maximum absolute atomic E-state index is 4.48. The molecule has 20 heavy (non-hydrogen) atoms. The van der Waals surface area contributed by atoms with Gasteiger partial charge in [-0.15, -0.1) is 0 Å². The van der Waals surface area contributed by atoms with Crippen LogP contribution < -0.4 is 10.2 Å². The average molecular weight is 275 g/mol. The van der Waals surface area contributed by atoms with Crippen LogP contribution in [-0.4, -0.2) is 29.2 Å². The molecule has 0 aliphatic carbocycles. The summed E-state index contributed by atoms with van der Waals surface area (Å²) in [6.45, 7) is 15.6. The minimum Gasteiger partial charge on any atom is -0.368 e. The Hall–Kier alpha value is -1.09. The van der Waals surface area contributed by atoms with Gasteiger partial charge in [0.2, 0.25) is 0 Å². The molecule has 0 saturated carbocycles. The Balaban J connectivity index is 2.38. The van der Waals surface area contributed by atoms with Crippen molar-refractivity contribution in [1.82, 2.24) is 10.3 Å². The highest BCUT2D eigenvalue weighted by atomic mass is 15.3. The number of piperazine rings is 1.